The van der Waals surface area contributed by atoms with Crippen molar-refractivity contribution < 1.29 is 4.79 Å². The van der Waals surface area contributed by atoms with Gasteiger partial charge in [-0.25, -0.2) is 0 Å². The van der Waals surface area contributed by atoms with Crippen LogP contribution in [0.15, 0.2) is 54.3 Å². The van der Waals surface area contributed by atoms with Gasteiger partial charge in [0.05, 0.1) is 0 Å². The Morgan fingerprint density at radius 1 is 0.650 bits per heavy atom. The topological polar surface area (TPSA) is 17.1 Å². The zero-order valence-electron chi connectivity index (χ0n) is 10.3. The molecule has 0 aliphatic heterocycles. The number of hydrogen-bond acceptors (Lipinski definition) is 1. The molecule has 0 aliphatic rings. The lowest BCUT2D eigenvalue weighted by molar-refractivity contribution is -0.117. The minimum absolute atomic E-state index is 0.194. The van der Waals surface area contributed by atoms with Crippen LogP contribution < -0.4 is 0 Å². The maximum Gasteiger partial charge on any atom is 0.141 e. The third-order valence-electron chi connectivity index (χ3n) is 2.65. The molecule has 2 rings (SSSR count). The van der Waals surface area contributed by atoms with E-state index in [0.29, 0.717) is 12.8 Å². The molecule has 2 aromatic rings. The van der Waals surface area contributed by atoms with E-state index >= 15 is 0 Å². The second kappa shape index (κ2) is 7.34. The average Bonchev–Trinajstić information content (AvgIpc) is 2.24. The third-order valence-corrected chi connectivity index (χ3v) is 4.48. The highest BCUT2D eigenvalue weighted by Gasteiger charge is 2.08. The molecular weight excluding hydrogens is 516 g/mol. The summed E-state index contributed by atoms with van der Waals surface area (Å²) in [5.74, 6) is 0.194. The van der Waals surface area contributed by atoms with E-state index in [4.69, 9.17) is 0 Å². The van der Waals surface area contributed by atoms with Gasteiger partial charge in [-0.2, -0.15) is 0 Å². The standard InChI is InChI=1S/C15H10Br4O/c16-11-1-9(2-12(17)7-11)5-15(20)6-10-3-13(18)8-14(19)4-10/h1-4,7-8H,5-6H2. The number of halogens is 4. The largest absolute Gasteiger partial charge is 0.299 e. The maximum atomic E-state index is 12.2. The molecule has 0 saturated carbocycles. The van der Waals surface area contributed by atoms with E-state index < -0.39 is 0 Å². The SMILES string of the molecule is O=C(Cc1cc(Br)cc(Br)c1)Cc1cc(Br)cc(Br)c1. The molecule has 0 atom stereocenters. The van der Waals surface area contributed by atoms with E-state index in [1.807, 2.05) is 36.4 Å². The minimum atomic E-state index is 0.194. The summed E-state index contributed by atoms with van der Waals surface area (Å²) in [7, 11) is 0. The Morgan fingerprint density at radius 2 is 0.950 bits per heavy atom. The average molecular weight is 526 g/mol. The van der Waals surface area contributed by atoms with Gasteiger partial charge in [-0.1, -0.05) is 63.7 Å². The number of rotatable bonds is 4. The van der Waals surface area contributed by atoms with Crippen molar-refractivity contribution in [1.29, 1.82) is 0 Å². The van der Waals surface area contributed by atoms with Gasteiger partial charge >= 0.3 is 0 Å². The Hall–Kier alpha value is 0.0300. The molecule has 0 amide bonds. The molecule has 0 fully saturated rings. The van der Waals surface area contributed by atoms with Crippen LogP contribution in [0, 0.1) is 0 Å². The van der Waals surface area contributed by atoms with Crippen LogP contribution in [0.3, 0.4) is 0 Å². The van der Waals surface area contributed by atoms with Crippen molar-refractivity contribution >= 4 is 69.5 Å². The van der Waals surface area contributed by atoms with Crippen molar-refractivity contribution in [2.75, 3.05) is 0 Å². The van der Waals surface area contributed by atoms with E-state index in [1.165, 1.54) is 0 Å². The van der Waals surface area contributed by atoms with Crippen LogP contribution >= 0.6 is 63.7 Å². The van der Waals surface area contributed by atoms with Gasteiger partial charge in [0, 0.05) is 30.7 Å². The van der Waals surface area contributed by atoms with E-state index in [2.05, 4.69) is 63.7 Å². The van der Waals surface area contributed by atoms with Crippen molar-refractivity contribution in [3.63, 3.8) is 0 Å². The van der Waals surface area contributed by atoms with Crippen LogP contribution in [-0.2, 0) is 17.6 Å². The van der Waals surface area contributed by atoms with Crippen molar-refractivity contribution in [3.8, 4) is 0 Å². The molecule has 0 saturated heterocycles. The van der Waals surface area contributed by atoms with Gasteiger partial charge in [-0.3, -0.25) is 4.79 Å². The molecule has 5 heteroatoms. The normalized spacial score (nSPS) is 10.6. The summed E-state index contributed by atoms with van der Waals surface area (Å²) in [5.41, 5.74) is 2.01. The molecule has 0 N–H and O–H groups in total. The van der Waals surface area contributed by atoms with Gasteiger partial charge < -0.3 is 0 Å². The fourth-order valence-corrected chi connectivity index (χ4v) is 4.72. The molecule has 0 spiro atoms. The summed E-state index contributed by atoms with van der Waals surface area (Å²) >= 11 is 13.7. The van der Waals surface area contributed by atoms with Gasteiger partial charge in [0.15, 0.2) is 0 Å². The summed E-state index contributed by atoms with van der Waals surface area (Å²) < 4.78 is 3.89. The predicted molar refractivity (Wildman–Crippen MR) is 96.1 cm³/mol. The van der Waals surface area contributed by atoms with Crippen LogP contribution in [0.4, 0.5) is 0 Å². The van der Waals surface area contributed by atoms with Gasteiger partial charge in [0.2, 0.25) is 0 Å². The van der Waals surface area contributed by atoms with Crippen LogP contribution in [-0.4, -0.2) is 5.78 Å². The highest BCUT2D eigenvalue weighted by Crippen LogP contribution is 2.22. The summed E-state index contributed by atoms with van der Waals surface area (Å²) in [5, 5.41) is 0. The smallest absolute Gasteiger partial charge is 0.141 e. The number of Topliss-reactive ketones (excluding diaryl/α,β-unsaturated/α-hetero) is 1. The second-order valence-corrected chi connectivity index (χ2v) is 8.11. The Kier molecular flexibility index (Phi) is 6.02. The number of benzene rings is 2. The van der Waals surface area contributed by atoms with Crippen molar-refractivity contribution in [3.05, 3.63) is 65.4 Å². The fraction of sp³-hybridized carbons (Fsp3) is 0.133. The lowest BCUT2D eigenvalue weighted by Crippen LogP contribution is -2.06. The molecule has 0 bridgehead atoms. The van der Waals surface area contributed by atoms with Gasteiger partial charge in [-0.15, -0.1) is 0 Å². The van der Waals surface area contributed by atoms with Crippen molar-refractivity contribution in [1.82, 2.24) is 0 Å². The lowest BCUT2D eigenvalue weighted by atomic mass is 10.0. The first-order valence-electron chi connectivity index (χ1n) is 5.84. The Bertz CT molecular complexity index is 556. The van der Waals surface area contributed by atoms with Crippen molar-refractivity contribution in [2.24, 2.45) is 0 Å². The monoisotopic (exact) mass is 522 g/mol. The molecule has 1 nitrogen and oxygen atoms in total. The Morgan fingerprint density at radius 3 is 1.25 bits per heavy atom. The van der Waals surface area contributed by atoms with Crippen molar-refractivity contribution in [2.45, 2.75) is 12.8 Å². The summed E-state index contributed by atoms with van der Waals surface area (Å²) in [6.07, 6.45) is 0.865. The van der Waals surface area contributed by atoms with Crippen LogP contribution in [0.2, 0.25) is 0 Å². The molecule has 104 valence electrons. The zero-order valence-corrected chi connectivity index (χ0v) is 16.6. The van der Waals surface area contributed by atoms with E-state index in [0.717, 1.165) is 29.0 Å². The number of carbonyl (C=O) groups excluding carboxylic acids is 1. The van der Waals surface area contributed by atoms with Gasteiger partial charge in [0.1, 0.15) is 5.78 Å². The molecule has 0 unspecified atom stereocenters. The summed E-state index contributed by atoms with van der Waals surface area (Å²) in [6, 6.07) is 11.8. The number of carbonyl (C=O) groups is 1. The lowest BCUT2D eigenvalue weighted by Gasteiger charge is -2.05. The summed E-state index contributed by atoms with van der Waals surface area (Å²) in [4.78, 5) is 12.2. The summed E-state index contributed by atoms with van der Waals surface area (Å²) in [6.45, 7) is 0. The zero-order chi connectivity index (χ0) is 14.7. The molecular formula is C15H10Br4O. The molecule has 0 radical (unpaired) electrons. The van der Waals surface area contributed by atoms with Gasteiger partial charge in [-0.05, 0) is 47.5 Å². The molecule has 20 heavy (non-hydrogen) atoms. The van der Waals surface area contributed by atoms with E-state index in [1.54, 1.807) is 0 Å². The minimum Gasteiger partial charge on any atom is -0.299 e. The van der Waals surface area contributed by atoms with E-state index in [9.17, 15) is 4.79 Å². The quantitative estimate of drug-likeness (QED) is 0.472. The first-order chi connectivity index (χ1) is 9.42. The highest BCUT2D eigenvalue weighted by atomic mass is 79.9. The van der Waals surface area contributed by atoms with Crippen LogP contribution in [0.5, 0.6) is 0 Å². The first kappa shape index (κ1) is 16.4. The molecule has 0 aromatic heterocycles. The molecule has 0 aliphatic carbocycles. The molecule has 2 aromatic carbocycles. The highest BCUT2D eigenvalue weighted by molar-refractivity contribution is 9.11. The van der Waals surface area contributed by atoms with Crippen LogP contribution in [0.25, 0.3) is 0 Å². The maximum absolute atomic E-state index is 12.2. The fourth-order valence-electron chi connectivity index (χ4n) is 1.94. The van der Waals surface area contributed by atoms with Crippen LogP contribution in [0.1, 0.15) is 11.1 Å². The molecule has 0 heterocycles. The van der Waals surface area contributed by atoms with E-state index in [-0.39, 0.29) is 5.78 Å². The number of hydrogen-bond donors (Lipinski definition) is 0. The number of ketones is 1. The Labute approximate surface area is 151 Å². The predicted octanol–water partition coefficient (Wildman–Crippen LogP) is 6.09. The van der Waals surface area contributed by atoms with Gasteiger partial charge in [0.25, 0.3) is 0 Å². The third kappa shape index (κ3) is 5.10. The second-order valence-electron chi connectivity index (χ2n) is 4.45. The Balaban J connectivity index is 2.08. The first-order valence-corrected chi connectivity index (χ1v) is 9.01.